The molecule has 0 saturated heterocycles. The van der Waals surface area contributed by atoms with E-state index in [1.807, 2.05) is 6.92 Å². The van der Waals surface area contributed by atoms with Gasteiger partial charge in [-0.05, 0) is 66.3 Å². The lowest BCUT2D eigenvalue weighted by Crippen LogP contribution is -1.97. The van der Waals surface area contributed by atoms with Gasteiger partial charge in [0, 0.05) is 0 Å². The van der Waals surface area contributed by atoms with Crippen LogP contribution in [0.4, 0.5) is 0 Å². The molecule has 0 aliphatic heterocycles. The minimum absolute atomic E-state index is 0.432. The van der Waals surface area contributed by atoms with E-state index in [0.29, 0.717) is 6.42 Å². The number of aliphatic hydroxyl groups is 1. The van der Waals surface area contributed by atoms with Gasteiger partial charge in [-0.2, -0.15) is 0 Å². The molecule has 1 nitrogen and oxygen atoms in total. The van der Waals surface area contributed by atoms with Crippen LogP contribution in [0.3, 0.4) is 0 Å². The van der Waals surface area contributed by atoms with Crippen LogP contribution in [0.5, 0.6) is 0 Å². The maximum absolute atomic E-state index is 10.4. The number of aryl methyl sites for hydroxylation is 2. The van der Waals surface area contributed by atoms with Crippen molar-refractivity contribution in [2.45, 2.75) is 33.3 Å². The fraction of sp³-hybridized carbons (Fsp3) is 0.217. The van der Waals surface area contributed by atoms with E-state index in [4.69, 9.17) is 0 Å². The summed E-state index contributed by atoms with van der Waals surface area (Å²) in [7, 11) is 0. The minimum Gasteiger partial charge on any atom is -0.388 e. The van der Waals surface area contributed by atoms with Gasteiger partial charge in [-0.3, -0.25) is 0 Å². The molecule has 0 amide bonds. The van der Waals surface area contributed by atoms with Gasteiger partial charge >= 0.3 is 0 Å². The molecule has 0 unspecified atom stereocenters. The molecular weight excluding hydrogens is 292 g/mol. The molecule has 3 rings (SSSR count). The van der Waals surface area contributed by atoms with Gasteiger partial charge in [0.2, 0.25) is 0 Å². The van der Waals surface area contributed by atoms with Crippen LogP contribution in [0.25, 0.3) is 22.3 Å². The van der Waals surface area contributed by atoms with E-state index in [1.54, 1.807) is 0 Å². The summed E-state index contributed by atoms with van der Waals surface area (Å²) in [5.41, 5.74) is 8.15. The van der Waals surface area contributed by atoms with Crippen LogP contribution >= 0.6 is 0 Å². The van der Waals surface area contributed by atoms with Crippen molar-refractivity contribution in [2.75, 3.05) is 0 Å². The summed E-state index contributed by atoms with van der Waals surface area (Å²) in [6, 6.07) is 23.5. The molecule has 0 aromatic heterocycles. The first kappa shape index (κ1) is 16.5. The normalized spacial score (nSPS) is 12.2. The Hall–Kier alpha value is -2.38. The molecule has 3 aromatic carbocycles. The molecule has 3 aromatic rings. The average Bonchev–Trinajstić information content (AvgIpc) is 2.60. The van der Waals surface area contributed by atoms with Crippen molar-refractivity contribution < 1.29 is 5.11 Å². The Balaban J connectivity index is 2.17. The van der Waals surface area contributed by atoms with Crippen molar-refractivity contribution in [3.8, 4) is 22.3 Å². The summed E-state index contributed by atoms with van der Waals surface area (Å²) in [6.45, 7) is 6.22. The van der Waals surface area contributed by atoms with E-state index >= 15 is 0 Å². The molecule has 0 fully saturated rings. The van der Waals surface area contributed by atoms with Crippen molar-refractivity contribution in [1.82, 2.24) is 0 Å². The van der Waals surface area contributed by atoms with Crippen molar-refractivity contribution in [1.29, 1.82) is 0 Å². The lowest BCUT2D eigenvalue weighted by atomic mass is 9.93. The van der Waals surface area contributed by atoms with Crippen LogP contribution in [-0.2, 0) is 0 Å². The molecule has 0 spiro atoms. The Morgan fingerprint density at radius 1 is 0.708 bits per heavy atom. The Morgan fingerprint density at radius 2 is 1.21 bits per heavy atom. The van der Waals surface area contributed by atoms with E-state index in [1.165, 1.54) is 22.3 Å². The highest BCUT2D eigenvalue weighted by molar-refractivity contribution is 5.75. The molecule has 1 atom stereocenters. The first-order chi connectivity index (χ1) is 11.6. The lowest BCUT2D eigenvalue weighted by Gasteiger charge is -2.14. The van der Waals surface area contributed by atoms with Gasteiger partial charge in [0.1, 0.15) is 0 Å². The second kappa shape index (κ2) is 7.02. The molecule has 1 N–H and O–H groups in total. The smallest absolute Gasteiger partial charge is 0.0787 e. The number of hydrogen-bond acceptors (Lipinski definition) is 1. The van der Waals surface area contributed by atoms with Crippen LogP contribution in [0.1, 0.15) is 36.1 Å². The molecule has 1 heteroatoms. The number of rotatable bonds is 4. The van der Waals surface area contributed by atoms with E-state index < -0.39 is 6.10 Å². The van der Waals surface area contributed by atoms with Gasteiger partial charge in [-0.1, -0.05) is 66.6 Å². The third-order valence-corrected chi connectivity index (χ3v) is 4.43. The topological polar surface area (TPSA) is 20.2 Å². The molecule has 0 aliphatic carbocycles. The van der Waals surface area contributed by atoms with E-state index in [9.17, 15) is 5.11 Å². The summed E-state index contributed by atoms with van der Waals surface area (Å²) >= 11 is 0. The van der Waals surface area contributed by atoms with Gasteiger partial charge in [0.15, 0.2) is 0 Å². The van der Waals surface area contributed by atoms with Gasteiger partial charge in [-0.15, -0.1) is 0 Å². The molecule has 0 aliphatic rings. The van der Waals surface area contributed by atoms with Crippen LogP contribution in [0.2, 0.25) is 0 Å². The molecule has 0 heterocycles. The summed E-state index contributed by atoms with van der Waals surface area (Å²) in [5.74, 6) is 0. The second-order valence-electron chi connectivity index (χ2n) is 6.51. The third-order valence-electron chi connectivity index (χ3n) is 4.43. The molecule has 0 saturated carbocycles. The summed E-state index contributed by atoms with van der Waals surface area (Å²) in [6.07, 6.45) is 0.281. The molecule has 0 bridgehead atoms. The summed E-state index contributed by atoms with van der Waals surface area (Å²) in [4.78, 5) is 0. The minimum atomic E-state index is -0.432. The number of benzene rings is 3. The van der Waals surface area contributed by atoms with Crippen molar-refractivity contribution in [3.63, 3.8) is 0 Å². The summed E-state index contributed by atoms with van der Waals surface area (Å²) in [5, 5.41) is 10.4. The zero-order valence-corrected chi connectivity index (χ0v) is 14.6. The Kier molecular flexibility index (Phi) is 4.82. The second-order valence-corrected chi connectivity index (χ2v) is 6.51. The standard InChI is InChI=1S/C23H24O/c1-4-23(24)22-14-20(18-9-5-7-16(2)11-18)13-21(15-22)19-10-6-8-17(3)12-19/h5-15,23-24H,4H2,1-3H3/t23-/m0/s1. The highest BCUT2D eigenvalue weighted by Crippen LogP contribution is 2.32. The molecule has 24 heavy (non-hydrogen) atoms. The Labute approximate surface area is 144 Å². The fourth-order valence-electron chi connectivity index (χ4n) is 3.06. The van der Waals surface area contributed by atoms with Crippen molar-refractivity contribution in [2.24, 2.45) is 0 Å². The number of aliphatic hydroxyl groups excluding tert-OH is 1. The van der Waals surface area contributed by atoms with Crippen LogP contribution in [0, 0.1) is 13.8 Å². The molecular formula is C23H24O. The Morgan fingerprint density at radius 3 is 1.62 bits per heavy atom. The highest BCUT2D eigenvalue weighted by Gasteiger charge is 2.11. The zero-order chi connectivity index (χ0) is 17.1. The van der Waals surface area contributed by atoms with Crippen molar-refractivity contribution >= 4 is 0 Å². The first-order valence-corrected chi connectivity index (χ1v) is 8.54. The Bertz CT molecular complexity index is 784. The largest absolute Gasteiger partial charge is 0.388 e. The van der Waals surface area contributed by atoms with E-state index in [-0.39, 0.29) is 0 Å². The quantitative estimate of drug-likeness (QED) is 0.618. The average molecular weight is 316 g/mol. The zero-order valence-electron chi connectivity index (χ0n) is 14.6. The maximum Gasteiger partial charge on any atom is 0.0787 e. The predicted molar refractivity (Wildman–Crippen MR) is 102 cm³/mol. The van der Waals surface area contributed by atoms with Crippen LogP contribution < -0.4 is 0 Å². The lowest BCUT2D eigenvalue weighted by molar-refractivity contribution is 0.174. The number of hydrogen-bond donors (Lipinski definition) is 1. The monoisotopic (exact) mass is 316 g/mol. The summed E-state index contributed by atoms with van der Waals surface area (Å²) < 4.78 is 0. The molecule has 122 valence electrons. The van der Waals surface area contributed by atoms with Crippen LogP contribution in [-0.4, -0.2) is 5.11 Å². The van der Waals surface area contributed by atoms with Crippen LogP contribution in [0.15, 0.2) is 66.7 Å². The first-order valence-electron chi connectivity index (χ1n) is 8.54. The SMILES string of the molecule is CC[C@H](O)c1cc(-c2cccc(C)c2)cc(-c2cccc(C)c2)c1. The van der Waals surface area contributed by atoms with Gasteiger partial charge in [-0.25, -0.2) is 0 Å². The van der Waals surface area contributed by atoms with Gasteiger partial charge < -0.3 is 5.11 Å². The van der Waals surface area contributed by atoms with E-state index in [2.05, 4.69) is 80.6 Å². The highest BCUT2D eigenvalue weighted by atomic mass is 16.3. The third kappa shape index (κ3) is 3.58. The maximum atomic E-state index is 10.4. The van der Waals surface area contributed by atoms with E-state index in [0.717, 1.165) is 16.7 Å². The van der Waals surface area contributed by atoms with Gasteiger partial charge in [0.25, 0.3) is 0 Å². The predicted octanol–water partition coefficient (Wildman–Crippen LogP) is 6.08. The molecule has 0 radical (unpaired) electrons. The fourth-order valence-corrected chi connectivity index (χ4v) is 3.06. The van der Waals surface area contributed by atoms with Gasteiger partial charge in [0.05, 0.1) is 6.10 Å². The van der Waals surface area contributed by atoms with Crippen molar-refractivity contribution in [3.05, 3.63) is 83.4 Å².